The lowest BCUT2D eigenvalue weighted by molar-refractivity contribution is -0.680. The van der Waals surface area contributed by atoms with Gasteiger partial charge >= 0.3 is 0 Å². The number of nitrogens with one attached hydrogen (secondary N) is 1. The zero-order valence-corrected chi connectivity index (χ0v) is 17.3. The monoisotopic (exact) mass is 412 g/mol. The molecule has 1 amide bonds. The van der Waals surface area contributed by atoms with Crippen LogP contribution in [0.3, 0.4) is 0 Å². The van der Waals surface area contributed by atoms with Crippen LogP contribution in [-0.2, 0) is 4.79 Å². The fourth-order valence-electron chi connectivity index (χ4n) is 3.99. The molecule has 6 heteroatoms. The van der Waals surface area contributed by atoms with Crippen molar-refractivity contribution in [3.63, 3.8) is 0 Å². The highest BCUT2D eigenvalue weighted by atomic mass is 16.5. The molecule has 0 spiro atoms. The quantitative estimate of drug-likeness (QED) is 0.407. The highest BCUT2D eigenvalue weighted by Crippen LogP contribution is 2.36. The van der Waals surface area contributed by atoms with Gasteiger partial charge in [0.25, 0.3) is 5.91 Å². The van der Waals surface area contributed by atoms with Gasteiger partial charge in [0.1, 0.15) is 16.9 Å². The fourth-order valence-corrected chi connectivity index (χ4v) is 3.99. The van der Waals surface area contributed by atoms with Crippen molar-refractivity contribution in [3.05, 3.63) is 73.6 Å². The van der Waals surface area contributed by atoms with Crippen LogP contribution < -0.4 is 14.6 Å². The molecule has 31 heavy (non-hydrogen) atoms. The Morgan fingerprint density at radius 3 is 2.71 bits per heavy atom. The zero-order valence-electron chi connectivity index (χ0n) is 17.3. The summed E-state index contributed by atoms with van der Waals surface area (Å²) in [6.07, 6.45) is 3.60. The summed E-state index contributed by atoms with van der Waals surface area (Å²) >= 11 is 0. The van der Waals surface area contributed by atoms with Gasteiger partial charge in [0.05, 0.1) is 19.0 Å². The SMILES string of the molecule is C=Cn1c[n+]([C@H](C)C(=O)Nc2cc3oc4ccccc4c3cc2OC)c2ccccc21. The minimum Gasteiger partial charge on any atom is -0.495 e. The van der Waals surface area contributed by atoms with Crippen molar-refractivity contribution < 1.29 is 18.5 Å². The minimum atomic E-state index is -0.456. The number of carbonyl (C=O) groups is 1. The molecular formula is C25H22N3O3+. The highest BCUT2D eigenvalue weighted by Gasteiger charge is 2.26. The Morgan fingerprint density at radius 1 is 1.13 bits per heavy atom. The lowest BCUT2D eigenvalue weighted by Crippen LogP contribution is -2.43. The van der Waals surface area contributed by atoms with Gasteiger partial charge in [-0.1, -0.05) is 36.9 Å². The number of imidazole rings is 1. The van der Waals surface area contributed by atoms with Crippen LogP contribution in [0.15, 0.2) is 78.0 Å². The number of hydrogen-bond donors (Lipinski definition) is 1. The first-order valence-electron chi connectivity index (χ1n) is 10.0. The number of amides is 1. The third kappa shape index (κ3) is 3.04. The van der Waals surface area contributed by atoms with Crippen LogP contribution in [0.1, 0.15) is 13.0 Å². The third-order valence-electron chi connectivity index (χ3n) is 5.64. The second-order valence-electron chi connectivity index (χ2n) is 7.41. The van der Waals surface area contributed by atoms with Crippen molar-refractivity contribution in [1.29, 1.82) is 0 Å². The largest absolute Gasteiger partial charge is 0.495 e. The second-order valence-corrected chi connectivity index (χ2v) is 7.41. The van der Waals surface area contributed by atoms with Gasteiger partial charge < -0.3 is 14.5 Å². The molecule has 2 aromatic heterocycles. The Balaban J connectivity index is 1.53. The van der Waals surface area contributed by atoms with Crippen LogP contribution in [-0.4, -0.2) is 17.6 Å². The van der Waals surface area contributed by atoms with E-state index in [0.29, 0.717) is 17.0 Å². The Labute approximate surface area is 179 Å². The number of anilines is 1. The first-order chi connectivity index (χ1) is 15.1. The van der Waals surface area contributed by atoms with Crippen LogP contribution in [0.25, 0.3) is 39.2 Å². The molecule has 5 rings (SSSR count). The molecule has 0 saturated heterocycles. The number of benzene rings is 3. The van der Waals surface area contributed by atoms with Gasteiger partial charge in [0.15, 0.2) is 17.1 Å². The molecule has 6 nitrogen and oxygen atoms in total. The number of rotatable bonds is 5. The summed E-state index contributed by atoms with van der Waals surface area (Å²) in [5.41, 5.74) is 3.99. The van der Waals surface area contributed by atoms with Crippen LogP contribution in [0.5, 0.6) is 5.75 Å². The predicted octanol–water partition coefficient (Wildman–Crippen LogP) is 5.14. The van der Waals surface area contributed by atoms with Crippen LogP contribution in [0.4, 0.5) is 5.69 Å². The Morgan fingerprint density at radius 2 is 1.90 bits per heavy atom. The number of methoxy groups -OCH3 is 1. The molecule has 0 aliphatic carbocycles. The van der Waals surface area contributed by atoms with Gasteiger partial charge in [-0.25, -0.2) is 9.13 Å². The summed E-state index contributed by atoms with van der Waals surface area (Å²) in [5.74, 6) is 0.420. The van der Waals surface area contributed by atoms with Crippen LogP contribution in [0, 0.1) is 0 Å². The molecule has 3 aromatic carbocycles. The van der Waals surface area contributed by atoms with Gasteiger partial charge in [-0.05, 0) is 31.2 Å². The smallest absolute Gasteiger partial charge is 0.269 e. The lowest BCUT2D eigenvalue weighted by Gasteiger charge is -2.13. The average Bonchev–Trinajstić information content (AvgIpc) is 3.35. The summed E-state index contributed by atoms with van der Waals surface area (Å²) in [4.78, 5) is 13.2. The maximum Gasteiger partial charge on any atom is 0.269 e. The van der Waals surface area contributed by atoms with Crippen molar-refractivity contribution >= 4 is 50.8 Å². The molecule has 1 atom stereocenters. The molecule has 2 heterocycles. The van der Waals surface area contributed by atoms with E-state index < -0.39 is 6.04 Å². The first-order valence-corrected chi connectivity index (χ1v) is 10.0. The number of ether oxygens (including phenoxy) is 1. The van der Waals surface area contributed by atoms with Gasteiger partial charge in [0, 0.05) is 16.8 Å². The van der Waals surface area contributed by atoms with E-state index in [0.717, 1.165) is 27.4 Å². The maximum atomic E-state index is 13.2. The molecular weight excluding hydrogens is 390 g/mol. The standard InChI is InChI=1S/C25H21N3O3/c1-4-27-15-28(21-11-7-6-10-20(21)27)16(2)25(29)26-19-14-23-18(13-24(19)30-3)17-9-5-8-12-22(17)31-23/h4-16H,1H2,2-3H3/p+1/t16-/m1/s1. The van der Waals surface area contributed by atoms with Gasteiger partial charge in [0.2, 0.25) is 6.33 Å². The third-order valence-corrected chi connectivity index (χ3v) is 5.64. The van der Waals surface area contributed by atoms with Crippen molar-refractivity contribution in [2.75, 3.05) is 12.4 Å². The first kappa shape index (κ1) is 18.9. The predicted molar refractivity (Wildman–Crippen MR) is 122 cm³/mol. The summed E-state index contributed by atoms with van der Waals surface area (Å²) < 4.78 is 15.4. The molecule has 0 unspecified atom stereocenters. The molecule has 154 valence electrons. The zero-order chi connectivity index (χ0) is 21.5. The van der Waals surface area contributed by atoms with E-state index in [1.54, 1.807) is 13.3 Å². The van der Waals surface area contributed by atoms with E-state index in [-0.39, 0.29) is 5.91 Å². The summed E-state index contributed by atoms with van der Waals surface area (Å²) in [7, 11) is 1.59. The molecule has 0 fully saturated rings. The van der Waals surface area contributed by atoms with Crippen LogP contribution >= 0.6 is 0 Å². The number of aromatic nitrogens is 2. The number of nitrogens with zero attached hydrogens (tertiary/aromatic N) is 2. The van der Waals surface area contributed by atoms with Gasteiger partial charge in [-0.3, -0.25) is 4.79 Å². The Kier molecular flexibility index (Phi) is 4.47. The summed E-state index contributed by atoms with van der Waals surface area (Å²) in [5, 5.41) is 4.96. The van der Waals surface area contributed by atoms with E-state index in [2.05, 4.69) is 11.9 Å². The topological polar surface area (TPSA) is 60.3 Å². The van der Waals surface area contributed by atoms with E-state index in [1.165, 1.54) is 0 Å². The van der Waals surface area contributed by atoms with Gasteiger partial charge in [-0.15, -0.1) is 0 Å². The molecule has 0 saturated carbocycles. The van der Waals surface area contributed by atoms with Crippen molar-refractivity contribution in [2.45, 2.75) is 13.0 Å². The van der Waals surface area contributed by atoms with E-state index in [4.69, 9.17) is 9.15 Å². The van der Waals surface area contributed by atoms with E-state index in [1.807, 2.05) is 83.0 Å². The van der Waals surface area contributed by atoms with Crippen molar-refractivity contribution in [3.8, 4) is 5.75 Å². The second kappa shape index (κ2) is 7.32. The number of carbonyl (C=O) groups excluding carboxylic acids is 1. The molecule has 1 N–H and O–H groups in total. The van der Waals surface area contributed by atoms with Gasteiger partial charge in [-0.2, -0.15) is 0 Å². The van der Waals surface area contributed by atoms with E-state index >= 15 is 0 Å². The summed E-state index contributed by atoms with van der Waals surface area (Å²) in [6, 6.07) is 19.0. The average molecular weight is 412 g/mol. The number of hydrogen-bond acceptors (Lipinski definition) is 3. The minimum absolute atomic E-state index is 0.161. The van der Waals surface area contributed by atoms with Crippen molar-refractivity contribution in [2.24, 2.45) is 0 Å². The fraction of sp³-hybridized carbons (Fsp3) is 0.120. The number of furan rings is 1. The number of fused-ring (bicyclic) bond motifs is 4. The summed E-state index contributed by atoms with van der Waals surface area (Å²) in [6.45, 7) is 5.72. The Bertz CT molecular complexity index is 1460. The maximum absolute atomic E-state index is 13.2. The lowest BCUT2D eigenvalue weighted by atomic mass is 10.1. The molecule has 0 aliphatic rings. The normalized spacial score (nSPS) is 12.3. The van der Waals surface area contributed by atoms with Crippen molar-refractivity contribution in [1.82, 2.24) is 4.57 Å². The number of para-hydroxylation sites is 3. The molecule has 0 radical (unpaired) electrons. The highest BCUT2D eigenvalue weighted by molar-refractivity contribution is 6.07. The molecule has 0 bridgehead atoms. The Hall–Kier alpha value is -4.06. The molecule has 5 aromatic rings. The van der Waals surface area contributed by atoms with Crippen LogP contribution in [0.2, 0.25) is 0 Å². The molecule has 0 aliphatic heterocycles. The van der Waals surface area contributed by atoms with E-state index in [9.17, 15) is 4.79 Å².